The SMILES string of the molecule is NC(=O)C(N)CNC(=O)c1ccncc1. The molecule has 1 aromatic heterocycles. The number of rotatable bonds is 4. The molecule has 1 aromatic rings. The number of carbonyl (C=O) groups is 2. The minimum atomic E-state index is -0.865. The van der Waals surface area contributed by atoms with Gasteiger partial charge in [-0.3, -0.25) is 14.6 Å². The summed E-state index contributed by atoms with van der Waals surface area (Å²) in [6.45, 7) is 0.0243. The van der Waals surface area contributed by atoms with E-state index in [0.29, 0.717) is 5.56 Å². The molecule has 80 valence electrons. The number of nitrogens with two attached hydrogens (primary N) is 2. The second-order valence-electron chi connectivity index (χ2n) is 2.95. The van der Waals surface area contributed by atoms with Gasteiger partial charge in [-0.2, -0.15) is 0 Å². The van der Waals surface area contributed by atoms with Crippen molar-refractivity contribution < 1.29 is 9.59 Å². The zero-order valence-corrected chi connectivity index (χ0v) is 8.01. The van der Waals surface area contributed by atoms with E-state index in [1.54, 1.807) is 12.1 Å². The van der Waals surface area contributed by atoms with E-state index in [1.165, 1.54) is 12.4 Å². The van der Waals surface area contributed by atoms with Crippen molar-refractivity contribution in [3.63, 3.8) is 0 Å². The van der Waals surface area contributed by atoms with Gasteiger partial charge in [0.2, 0.25) is 5.91 Å². The summed E-state index contributed by atoms with van der Waals surface area (Å²) in [6, 6.07) is 2.26. The van der Waals surface area contributed by atoms with Crippen LogP contribution in [0.4, 0.5) is 0 Å². The highest BCUT2D eigenvalue weighted by atomic mass is 16.2. The van der Waals surface area contributed by atoms with Crippen LogP contribution in [0.15, 0.2) is 24.5 Å². The van der Waals surface area contributed by atoms with Gasteiger partial charge in [0.25, 0.3) is 5.91 Å². The Hall–Kier alpha value is -1.95. The Labute approximate surface area is 86.7 Å². The lowest BCUT2D eigenvalue weighted by Crippen LogP contribution is -2.45. The van der Waals surface area contributed by atoms with Crippen molar-refractivity contribution in [2.45, 2.75) is 6.04 Å². The predicted octanol–water partition coefficient (Wildman–Crippen LogP) is -1.38. The van der Waals surface area contributed by atoms with Crippen LogP contribution >= 0.6 is 0 Å². The van der Waals surface area contributed by atoms with Crippen molar-refractivity contribution in [1.29, 1.82) is 0 Å². The molecule has 0 saturated heterocycles. The molecule has 2 amide bonds. The fourth-order valence-electron chi connectivity index (χ4n) is 0.909. The van der Waals surface area contributed by atoms with Crippen LogP contribution in [0.5, 0.6) is 0 Å². The summed E-state index contributed by atoms with van der Waals surface area (Å²) < 4.78 is 0. The lowest BCUT2D eigenvalue weighted by atomic mass is 10.2. The summed E-state index contributed by atoms with van der Waals surface area (Å²) in [6.07, 6.45) is 3.01. The van der Waals surface area contributed by atoms with E-state index in [-0.39, 0.29) is 12.5 Å². The number of nitrogens with one attached hydrogen (secondary N) is 1. The summed E-state index contributed by atoms with van der Waals surface area (Å²) in [5.41, 5.74) is 10.7. The van der Waals surface area contributed by atoms with Crippen LogP contribution in [0.1, 0.15) is 10.4 Å². The molecule has 15 heavy (non-hydrogen) atoms. The monoisotopic (exact) mass is 208 g/mol. The number of pyridine rings is 1. The van der Waals surface area contributed by atoms with Gasteiger partial charge in [0.15, 0.2) is 0 Å². The Morgan fingerprint density at radius 1 is 1.40 bits per heavy atom. The van der Waals surface area contributed by atoms with E-state index in [9.17, 15) is 9.59 Å². The van der Waals surface area contributed by atoms with E-state index < -0.39 is 11.9 Å². The molecule has 0 radical (unpaired) electrons. The minimum Gasteiger partial charge on any atom is -0.368 e. The van der Waals surface area contributed by atoms with Crippen LogP contribution in [0.2, 0.25) is 0 Å². The van der Waals surface area contributed by atoms with Crippen LogP contribution < -0.4 is 16.8 Å². The molecule has 0 aliphatic carbocycles. The van der Waals surface area contributed by atoms with E-state index in [4.69, 9.17) is 11.5 Å². The fraction of sp³-hybridized carbons (Fsp3) is 0.222. The molecular weight excluding hydrogens is 196 g/mol. The van der Waals surface area contributed by atoms with Crippen LogP contribution in [0, 0.1) is 0 Å². The van der Waals surface area contributed by atoms with E-state index >= 15 is 0 Å². The molecular formula is C9H12N4O2. The first-order chi connectivity index (χ1) is 7.11. The Balaban J connectivity index is 2.47. The van der Waals surface area contributed by atoms with Crippen molar-refractivity contribution in [2.24, 2.45) is 11.5 Å². The number of amides is 2. The number of nitrogens with zero attached hydrogens (tertiary/aromatic N) is 1. The molecule has 0 spiro atoms. The van der Waals surface area contributed by atoms with Gasteiger partial charge in [-0.15, -0.1) is 0 Å². The number of hydrogen-bond donors (Lipinski definition) is 3. The number of carbonyl (C=O) groups excluding carboxylic acids is 2. The zero-order valence-electron chi connectivity index (χ0n) is 8.01. The molecule has 0 fully saturated rings. The summed E-state index contributed by atoms with van der Waals surface area (Å²) in [7, 11) is 0. The van der Waals surface area contributed by atoms with Crippen LogP contribution in [0.25, 0.3) is 0 Å². The third-order valence-corrected chi connectivity index (χ3v) is 1.79. The van der Waals surface area contributed by atoms with Crippen LogP contribution in [-0.4, -0.2) is 29.4 Å². The molecule has 1 atom stereocenters. The third-order valence-electron chi connectivity index (χ3n) is 1.79. The highest BCUT2D eigenvalue weighted by Gasteiger charge is 2.11. The summed E-state index contributed by atoms with van der Waals surface area (Å²) in [5.74, 6) is -0.959. The molecule has 0 aliphatic rings. The van der Waals surface area contributed by atoms with Crippen LogP contribution in [-0.2, 0) is 4.79 Å². The highest BCUT2D eigenvalue weighted by Crippen LogP contribution is 1.94. The van der Waals surface area contributed by atoms with Gasteiger partial charge in [0, 0.05) is 24.5 Å². The van der Waals surface area contributed by atoms with Crippen LogP contribution in [0.3, 0.4) is 0 Å². The smallest absolute Gasteiger partial charge is 0.251 e. The number of primary amides is 1. The second-order valence-corrected chi connectivity index (χ2v) is 2.95. The third kappa shape index (κ3) is 3.35. The Morgan fingerprint density at radius 2 is 2.00 bits per heavy atom. The summed E-state index contributed by atoms with van der Waals surface area (Å²) in [5, 5.41) is 2.49. The Kier molecular flexibility index (Phi) is 3.75. The predicted molar refractivity (Wildman–Crippen MR) is 53.7 cm³/mol. The maximum absolute atomic E-state index is 11.4. The summed E-state index contributed by atoms with van der Waals surface area (Å²) in [4.78, 5) is 25.8. The van der Waals surface area contributed by atoms with Crippen molar-refractivity contribution >= 4 is 11.8 Å². The quantitative estimate of drug-likeness (QED) is 0.566. The second kappa shape index (κ2) is 5.06. The van der Waals surface area contributed by atoms with E-state index in [2.05, 4.69) is 10.3 Å². The van der Waals surface area contributed by atoms with Gasteiger partial charge >= 0.3 is 0 Å². The molecule has 0 saturated carbocycles. The van der Waals surface area contributed by atoms with Gasteiger partial charge < -0.3 is 16.8 Å². The number of hydrogen-bond acceptors (Lipinski definition) is 4. The molecule has 1 rings (SSSR count). The average Bonchev–Trinajstić information content (AvgIpc) is 2.26. The largest absolute Gasteiger partial charge is 0.368 e. The maximum Gasteiger partial charge on any atom is 0.251 e. The topological polar surface area (TPSA) is 111 Å². The molecule has 1 heterocycles. The first-order valence-corrected chi connectivity index (χ1v) is 4.34. The summed E-state index contributed by atoms with van der Waals surface area (Å²) >= 11 is 0. The minimum absolute atomic E-state index is 0.0243. The van der Waals surface area contributed by atoms with Crippen molar-refractivity contribution in [3.05, 3.63) is 30.1 Å². The van der Waals surface area contributed by atoms with Crippen molar-refractivity contribution in [2.75, 3.05) is 6.54 Å². The van der Waals surface area contributed by atoms with E-state index in [1.807, 2.05) is 0 Å². The van der Waals surface area contributed by atoms with Gasteiger partial charge in [0.05, 0.1) is 0 Å². The number of aromatic nitrogens is 1. The lowest BCUT2D eigenvalue weighted by molar-refractivity contribution is -0.119. The van der Waals surface area contributed by atoms with Gasteiger partial charge in [0.1, 0.15) is 6.04 Å². The fourth-order valence-corrected chi connectivity index (χ4v) is 0.909. The Bertz CT molecular complexity index is 352. The molecule has 0 bridgehead atoms. The van der Waals surface area contributed by atoms with Gasteiger partial charge in [-0.05, 0) is 12.1 Å². The average molecular weight is 208 g/mol. The molecule has 6 heteroatoms. The van der Waals surface area contributed by atoms with Crippen molar-refractivity contribution in [1.82, 2.24) is 10.3 Å². The zero-order chi connectivity index (χ0) is 11.3. The molecule has 6 nitrogen and oxygen atoms in total. The normalized spacial score (nSPS) is 11.8. The van der Waals surface area contributed by atoms with E-state index in [0.717, 1.165) is 0 Å². The first kappa shape index (κ1) is 11.1. The Morgan fingerprint density at radius 3 is 2.53 bits per heavy atom. The highest BCUT2D eigenvalue weighted by molar-refractivity contribution is 5.94. The van der Waals surface area contributed by atoms with Gasteiger partial charge in [-0.1, -0.05) is 0 Å². The molecule has 5 N–H and O–H groups in total. The molecule has 1 unspecified atom stereocenters. The van der Waals surface area contributed by atoms with Gasteiger partial charge in [-0.25, -0.2) is 0 Å². The lowest BCUT2D eigenvalue weighted by Gasteiger charge is -2.08. The van der Waals surface area contributed by atoms with Crippen molar-refractivity contribution in [3.8, 4) is 0 Å². The first-order valence-electron chi connectivity index (χ1n) is 4.34. The molecule has 0 aromatic carbocycles. The molecule has 0 aliphatic heterocycles. The standard InChI is InChI=1S/C9H12N4O2/c10-7(8(11)14)5-13-9(15)6-1-3-12-4-2-6/h1-4,7H,5,10H2,(H2,11,14)(H,13,15). The maximum atomic E-state index is 11.4.